The minimum absolute atomic E-state index is 0.119. The average Bonchev–Trinajstić information content (AvgIpc) is 2.16. The Kier molecular flexibility index (Phi) is 7.27. The highest BCUT2D eigenvalue weighted by atomic mass is 32.2. The van der Waals surface area contributed by atoms with Crippen LogP contribution in [0.2, 0.25) is 0 Å². The van der Waals surface area contributed by atoms with E-state index in [1.54, 1.807) is 6.92 Å². The maximum absolute atomic E-state index is 11.3. The maximum Gasteiger partial charge on any atom is 0.306 e. The van der Waals surface area contributed by atoms with Gasteiger partial charge in [0.2, 0.25) is 10.0 Å². The number of hydrogen-bond donors (Lipinski definition) is 2. The summed E-state index contributed by atoms with van der Waals surface area (Å²) in [6.07, 6.45) is 0.463. The standard InChI is InChI=1S/C8H18N2O4S/c1-2-14-8(11)4-7-15(12,13)10-6-3-5-9/h10H,2-7,9H2,1H3. The van der Waals surface area contributed by atoms with Gasteiger partial charge in [-0.25, -0.2) is 13.1 Å². The van der Waals surface area contributed by atoms with Crippen LogP contribution in [0.4, 0.5) is 0 Å². The molecule has 0 aromatic rings. The summed E-state index contributed by atoms with van der Waals surface area (Å²) in [6.45, 7) is 2.67. The molecule has 3 N–H and O–H groups in total. The molecule has 0 aromatic carbocycles. The van der Waals surface area contributed by atoms with Gasteiger partial charge in [-0.05, 0) is 19.9 Å². The van der Waals surface area contributed by atoms with Gasteiger partial charge in [-0.15, -0.1) is 0 Å². The number of sulfonamides is 1. The van der Waals surface area contributed by atoms with Crippen LogP contribution in [0.3, 0.4) is 0 Å². The van der Waals surface area contributed by atoms with Gasteiger partial charge in [0.1, 0.15) is 0 Å². The molecule has 0 radical (unpaired) electrons. The first kappa shape index (κ1) is 14.3. The molecule has 90 valence electrons. The zero-order valence-electron chi connectivity index (χ0n) is 8.86. The highest BCUT2D eigenvalue weighted by molar-refractivity contribution is 7.89. The Bertz CT molecular complexity index is 276. The van der Waals surface area contributed by atoms with Crippen LogP contribution in [0.25, 0.3) is 0 Å². The van der Waals surface area contributed by atoms with Crippen molar-refractivity contribution in [3.05, 3.63) is 0 Å². The second kappa shape index (κ2) is 7.61. The van der Waals surface area contributed by atoms with Gasteiger partial charge in [-0.3, -0.25) is 4.79 Å². The lowest BCUT2D eigenvalue weighted by Crippen LogP contribution is -2.29. The molecule has 0 saturated heterocycles. The van der Waals surface area contributed by atoms with Crippen LogP contribution in [-0.4, -0.2) is 39.8 Å². The Morgan fingerprint density at radius 3 is 2.67 bits per heavy atom. The van der Waals surface area contributed by atoms with Crippen molar-refractivity contribution in [3.63, 3.8) is 0 Å². The molecule has 0 fully saturated rings. The first-order valence-corrected chi connectivity index (χ1v) is 6.50. The summed E-state index contributed by atoms with van der Waals surface area (Å²) in [6, 6.07) is 0. The van der Waals surface area contributed by atoms with Gasteiger partial charge in [-0.1, -0.05) is 0 Å². The van der Waals surface area contributed by atoms with E-state index in [4.69, 9.17) is 5.73 Å². The molecule has 0 aliphatic heterocycles. The Balaban J connectivity index is 3.78. The van der Waals surface area contributed by atoms with Gasteiger partial charge in [0, 0.05) is 6.54 Å². The van der Waals surface area contributed by atoms with E-state index in [9.17, 15) is 13.2 Å². The number of rotatable bonds is 8. The summed E-state index contributed by atoms with van der Waals surface area (Å²) in [5.74, 6) is -0.738. The second-order valence-electron chi connectivity index (χ2n) is 2.91. The van der Waals surface area contributed by atoms with Crippen LogP contribution in [0.1, 0.15) is 19.8 Å². The molecule has 0 aromatic heterocycles. The second-order valence-corrected chi connectivity index (χ2v) is 4.84. The third-order valence-corrected chi connectivity index (χ3v) is 2.97. The predicted octanol–water partition coefficient (Wildman–Crippen LogP) is -0.792. The van der Waals surface area contributed by atoms with Crippen LogP contribution in [0.15, 0.2) is 0 Å². The number of esters is 1. The highest BCUT2D eigenvalue weighted by Gasteiger charge is 2.12. The quantitative estimate of drug-likeness (QED) is 0.426. The van der Waals surface area contributed by atoms with Gasteiger partial charge in [0.25, 0.3) is 0 Å². The van der Waals surface area contributed by atoms with Crippen molar-refractivity contribution in [2.75, 3.05) is 25.4 Å². The van der Waals surface area contributed by atoms with Crippen LogP contribution < -0.4 is 10.5 Å². The lowest BCUT2D eigenvalue weighted by molar-refractivity contribution is -0.142. The van der Waals surface area contributed by atoms with E-state index in [1.807, 2.05) is 0 Å². The third kappa shape index (κ3) is 8.34. The summed E-state index contributed by atoms with van der Waals surface area (Å²) in [4.78, 5) is 10.9. The molecule has 0 unspecified atom stereocenters. The molecule has 0 heterocycles. The first-order valence-electron chi connectivity index (χ1n) is 4.85. The Morgan fingerprint density at radius 1 is 1.47 bits per heavy atom. The molecular formula is C8H18N2O4S. The molecule has 0 atom stereocenters. The van der Waals surface area contributed by atoms with E-state index >= 15 is 0 Å². The van der Waals surface area contributed by atoms with Crippen molar-refractivity contribution in [1.82, 2.24) is 4.72 Å². The zero-order chi connectivity index (χ0) is 11.7. The first-order chi connectivity index (χ1) is 7.02. The molecule has 6 nitrogen and oxygen atoms in total. The number of carbonyl (C=O) groups excluding carboxylic acids is 1. The molecule has 0 bridgehead atoms. The van der Waals surface area contributed by atoms with E-state index in [2.05, 4.69) is 9.46 Å². The topological polar surface area (TPSA) is 98.5 Å². The minimum Gasteiger partial charge on any atom is -0.466 e. The number of hydrogen-bond acceptors (Lipinski definition) is 5. The van der Waals surface area contributed by atoms with Crippen molar-refractivity contribution in [2.24, 2.45) is 5.73 Å². The lowest BCUT2D eigenvalue weighted by atomic mass is 10.4. The van der Waals surface area contributed by atoms with Crippen LogP contribution in [0, 0.1) is 0 Å². The molecule has 0 aliphatic rings. The van der Waals surface area contributed by atoms with Crippen molar-refractivity contribution < 1.29 is 17.9 Å². The Labute approximate surface area is 90.2 Å². The summed E-state index contributed by atoms with van der Waals surface area (Å²) < 4.78 is 29.5. The van der Waals surface area contributed by atoms with E-state index < -0.39 is 16.0 Å². The molecule has 0 saturated carbocycles. The fourth-order valence-corrected chi connectivity index (χ4v) is 1.89. The van der Waals surface area contributed by atoms with Gasteiger partial charge in [0.05, 0.1) is 18.8 Å². The molecule has 7 heteroatoms. The van der Waals surface area contributed by atoms with E-state index in [-0.39, 0.29) is 18.8 Å². The number of nitrogens with one attached hydrogen (secondary N) is 1. The summed E-state index contributed by atoms with van der Waals surface area (Å²) >= 11 is 0. The molecule has 0 spiro atoms. The maximum atomic E-state index is 11.3. The monoisotopic (exact) mass is 238 g/mol. The fourth-order valence-electron chi connectivity index (χ4n) is 0.853. The van der Waals surface area contributed by atoms with Crippen LogP contribution in [-0.2, 0) is 19.6 Å². The van der Waals surface area contributed by atoms with Crippen LogP contribution >= 0.6 is 0 Å². The number of ether oxygens (including phenoxy) is 1. The summed E-state index contributed by atoms with van der Waals surface area (Å²) in [5, 5.41) is 0. The largest absolute Gasteiger partial charge is 0.466 e. The molecule has 0 amide bonds. The van der Waals surface area contributed by atoms with Crippen molar-refractivity contribution in [1.29, 1.82) is 0 Å². The van der Waals surface area contributed by atoms with Crippen molar-refractivity contribution in [3.8, 4) is 0 Å². The minimum atomic E-state index is -3.37. The van der Waals surface area contributed by atoms with E-state index in [1.165, 1.54) is 0 Å². The van der Waals surface area contributed by atoms with Gasteiger partial charge in [0.15, 0.2) is 0 Å². The van der Waals surface area contributed by atoms with Crippen molar-refractivity contribution >= 4 is 16.0 Å². The highest BCUT2D eigenvalue weighted by Crippen LogP contribution is 1.93. The van der Waals surface area contributed by atoms with Gasteiger partial charge in [-0.2, -0.15) is 0 Å². The predicted molar refractivity (Wildman–Crippen MR) is 56.7 cm³/mol. The SMILES string of the molecule is CCOC(=O)CCS(=O)(=O)NCCCN. The number of nitrogens with two attached hydrogens (primary N) is 1. The summed E-state index contributed by atoms with van der Waals surface area (Å²) in [5.41, 5.74) is 5.21. The van der Waals surface area contributed by atoms with Crippen LogP contribution in [0.5, 0.6) is 0 Å². The molecular weight excluding hydrogens is 220 g/mol. The zero-order valence-corrected chi connectivity index (χ0v) is 9.68. The normalized spacial score (nSPS) is 11.3. The van der Waals surface area contributed by atoms with Gasteiger partial charge >= 0.3 is 5.97 Å². The fraction of sp³-hybridized carbons (Fsp3) is 0.875. The smallest absolute Gasteiger partial charge is 0.306 e. The molecule has 0 rings (SSSR count). The lowest BCUT2D eigenvalue weighted by Gasteiger charge is -2.05. The Morgan fingerprint density at radius 2 is 2.13 bits per heavy atom. The average molecular weight is 238 g/mol. The third-order valence-electron chi connectivity index (χ3n) is 1.58. The van der Waals surface area contributed by atoms with Gasteiger partial charge < -0.3 is 10.5 Å². The summed E-state index contributed by atoms with van der Waals surface area (Å²) in [7, 11) is -3.37. The van der Waals surface area contributed by atoms with E-state index in [0.717, 1.165) is 0 Å². The van der Waals surface area contributed by atoms with E-state index in [0.29, 0.717) is 19.5 Å². The molecule has 0 aliphatic carbocycles. The van der Waals surface area contributed by atoms with Crippen molar-refractivity contribution in [2.45, 2.75) is 19.8 Å². The molecule has 15 heavy (non-hydrogen) atoms. The Hall–Kier alpha value is -0.660. The number of carbonyl (C=O) groups is 1.